The lowest BCUT2D eigenvalue weighted by molar-refractivity contribution is 0.102. The Morgan fingerprint density at radius 3 is 2.65 bits per heavy atom. The molecule has 5 nitrogen and oxygen atoms in total. The van der Waals surface area contributed by atoms with Crippen molar-refractivity contribution in [3.05, 3.63) is 41.6 Å². The molecule has 1 heterocycles. The second-order valence-electron chi connectivity index (χ2n) is 5.26. The molecule has 1 aromatic carbocycles. The van der Waals surface area contributed by atoms with Gasteiger partial charge in [-0.05, 0) is 24.1 Å². The van der Waals surface area contributed by atoms with Crippen molar-refractivity contribution in [2.24, 2.45) is 0 Å². The molecule has 0 saturated heterocycles. The predicted molar refractivity (Wildman–Crippen MR) is 81.4 cm³/mol. The van der Waals surface area contributed by atoms with E-state index in [-0.39, 0.29) is 5.91 Å². The third kappa shape index (κ3) is 3.17. The Balaban J connectivity index is 2.13. The van der Waals surface area contributed by atoms with Gasteiger partial charge in [-0.25, -0.2) is 0 Å². The number of benzene rings is 1. The largest absolute Gasteiger partial charge is 0.378 e. The normalized spacial score (nSPS) is 10.7. The second-order valence-corrected chi connectivity index (χ2v) is 5.26. The molecule has 0 aliphatic rings. The number of amides is 1. The number of rotatable bonds is 4. The number of hydrogen-bond acceptors (Lipinski definition) is 3. The van der Waals surface area contributed by atoms with Gasteiger partial charge in [0.15, 0.2) is 5.82 Å². The van der Waals surface area contributed by atoms with Crippen LogP contribution in [0.25, 0.3) is 0 Å². The van der Waals surface area contributed by atoms with E-state index in [0.29, 0.717) is 17.3 Å². The molecule has 106 valence electrons. The van der Waals surface area contributed by atoms with Gasteiger partial charge in [0.25, 0.3) is 5.91 Å². The van der Waals surface area contributed by atoms with Crippen LogP contribution in [0.3, 0.4) is 0 Å². The van der Waals surface area contributed by atoms with Crippen molar-refractivity contribution in [3.63, 3.8) is 0 Å². The first kappa shape index (κ1) is 14.1. The minimum Gasteiger partial charge on any atom is -0.378 e. The Kier molecular flexibility index (Phi) is 4.08. The highest BCUT2D eigenvalue weighted by molar-refractivity contribution is 6.04. The fourth-order valence-corrected chi connectivity index (χ4v) is 1.81. The molecule has 2 rings (SSSR count). The van der Waals surface area contributed by atoms with Crippen LogP contribution in [0.5, 0.6) is 0 Å². The molecule has 0 bridgehead atoms. The van der Waals surface area contributed by atoms with Crippen molar-refractivity contribution < 1.29 is 4.79 Å². The Hall–Kier alpha value is -2.30. The summed E-state index contributed by atoms with van der Waals surface area (Å²) in [6.07, 6.45) is 0. The summed E-state index contributed by atoms with van der Waals surface area (Å²) >= 11 is 0. The molecule has 0 atom stereocenters. The fourth-order valence-electron chi connectivity index (χ4n) is 1.81. The first-order chi connectivity index (χ1) is 9.47. The maximum absolute atomic E-state index is 12.2. The van der Waals surface area contributed by atoms with E-state index in [0.717, 1.165) is 11.4 Å². The Labute approximate surface area is 119 Å². The number of H-pyrrole nitrogens is 1. The standard InChI is InChI=1S/C15H20N4O/c1-10(2)13-9-14(18-17-13)16-15(20)11-6-5-7-12(8-11)19(3)4/h5-10H,1-4H3,(H2,16,17,18,20). The molecule has 0 unspecified atom stereocenters. The quantitative estimate of drug-likeness (QED) is 0.899. The van der Waals surface area contributed by atoms with Gasteiger partial charge in [-0.1, -0.05) is 19.9 Å². The maximum atomic E-state index is 12.2. The van der Waals surface area contributed by atoms with Crippen molar-refractivity contribution in [1.82, 2.24) is 10.2 Å². The molecule has 1 aromatic heterocycles. The average Bonchev–Trinajstić information content (AvgIpc) is 2.87. The summed E-state index contributed by atoms with van der Waals surface area (Å²) in [4.78, 5) is 14.1. The Morgan fingerprint density at radius 2 is 2.05 bits per heavy atom. The fraction of sp³-hybridized carbons (Fsp3) is 0.333. The van der Waals surface area contributed by atoms with E-state index >= 15 is 0 Å². The SMILES string of the molecule is CC(C)c1cc(NC(=O)c2cccc(N(C)C)c2)n[nH]1. The van der Waals surface area contributed by atoms with E-state index in [4.69, 9.17) is 0 Å². The third-order valence-corrected chi connectivity index (χ3v) is 3.09. The summed E-state index contributed by atoms with van der Waals surface area (Å²) in [5.74, 6) is 0.745. The Bertz CT molecular complexity index is 601. The summed E-state index contributed by atoms with van der Waals surface area (Å²) < 4.78 is 0. The van der Waals surface area contributed by atoms with Gasteiger partial charge in [-0.15, -0.1) is 0 Å². The van der Waals surface area contributed by atoms with E-state index < -0.39 is 0 Å². The number of nitrogens with zero attached hydrogens (tertiary/aromatic N) is 2. The van der Waals surface area contributed by atoms with Crippen LogP contribution in [0.2, 0.25) is 0 Å². The molecule has 0 fully saturated rings. The molecule has 2 aromatic rings. The van der Waals surface area contributed by atoms with E-state index in [2.05, 4.69) is 29.4 Å². The van der Waals surface area contributed by atoms with Crippen LogP contribution in [0.15, 0.2) is 30.3 Å². The van der Waals surface area contributed by atoms with Crippen LogP contribution in [0, 0.1) is 0 Å². The summed E-state index contributed by atoms with van der Waals surface area (Å²) in [7, 11) is 3.89. The van der Waals surface area contributed by atoms with Gasteiger partial charge in [0.1, 0.15) is 0 Å². The highest BCUT2D eigenvalue weighted by Gasteiger charge is 2.10. The van der Waals surface area contributed by atoms with E-state index in [1.807, 2.05) is 43.3 Å². The highest BCUT2D eigenvalue weighted by atomic mass is 16.1. The van der Waals surface area contributed by atoms with Gasteiger partial charge >= 0.3 is 0 Å². The zero-order valence-corrected chi connectivity index (χ0v) is 12.3. The molecule has 1 amide bonds. The van der Waals surface area contributed by atoms with Gasteiger partial charge in [0, 0.05) is 37.1 Å². The number of anilines is 2. The van der Waals surface area contributed by atoms with E-state index in [9.17, 15) is 4.79 Å². The van der Waals surface area contributed by atoms with Gasteiger partial charge in [-0.3, -0.25) is 9.89 Å². The van der Waals surface area contributed by atoms with E-state index in [1.54, 1.807) is 6.07 Å². The average molecular weight is 272 g/mol. The van der Waals surface area contributed by atoms with Gasteiger partial charge < -0.3 is 10.2 Å². The molecule has 0 aliphatic carbocycles. The molecule has 0 spiro atoms. The highest BCUT2D eigenvalue weighted by Crippen LogP contribution is 2.17. The molecule has 0 saturated carbocycles. The smallest absolute Gasteiger partial charge is 0.256 e. The lowest BCUT2D eigenvalue weighted by Gasteiger charge is -2.13. The first-order valence-electron chi connectivity index (χ1n) is 6.61. The third-order valence-electron chi connectivity index (χ3n) is 3.09. The molecular weight excluding hydrogens is 252 g/mol. The summed E-state index contributed by atoms with van der Waals surface area (Å²) in [5, 5.41) is 9.81. The van der Waals surface area contributed by atoms with Crippen molar-refractivity contribution >= 4 is 17.4 Å². The van der Waals surface area contributed by atoms with Crippen LogP contribution in [-0.2, 0) is 0 Å². The zero-order chi connectivity index (χ0) is 14.7. The van der Waals surface area contributed by atoms with Gasteiger partial charge in [-0.2, -0.15) is 5.10 Å². The summed E-state index contributed by atoms with van der Waals surface area (Å²) in [5.41, 5.74) is 2.61. The van der Waals surface area contributed by atoms with Gasteiger partial charge in [0.05, 0.1) is 0 Å². The maximum Gasteiger partial charge on any atom is 0.256 e. The molecule has 5 heteroatoms. The number of carbonyl (C=O) groups is 1. The molecular formula is C15H20N4O. The Morgan fingerprint density at radius 1 is 1.30 bits per heavy atom. The molecule has 20 heavy (non-hydrogen) atoms. The van der Waals surface area contributed by atoms with Crippen molar-refractivity contribution in [2.75, 3.05) is 24.3 Å². The minimum atomic E-state index is -0.157. The van der Waals surface area contributed by atoms with Crippen molar-refractivity contribution in [2.45, 2.75) is 19.8 Å². The summed E-state index contributed by atoms with van der Waals surface area (Å²) in [6.45, 7) is 4.14. The van der Waals surface area contributed by atoms with Crippen molar-refractivity contribution in [1.29, 1.82) is 0 Å². The lowest BCUT2D eigenvalue weighted by Crippen LogP contribution is -2.14. The zero-order valence-electron chi connectivity index (χ0n) is 12.3. The van der Waals surface area contributed by atoms with Gasteiger partial charge in [0.2, 0.25) is 0 Å². The summed E-state index contributed by atoms with van der Waals surface area (Å²) in [6, 6.07) is 9.33. The van der Waals surface area contributed by atoms with Crippen LogP contribution >= 0.6 is 0 Å². The number of hydrogen-bond donors (Lipinski definition) is 2. The molecule has 0 radical (unpaired) electrons. The van der Waals surface area contributed by atoms with Crippen LogP contribution in [-0.4, -0.2) is 30.2 Å². The molecule has 0 aliphatic heterocycles. The number of nitrogens with one attached hydrogen (secondary N) is 2. The number of carbonyl (C=O) groups excluding carboxylic acids is 1. The topological polar surface area (TPSA) is 61.0 Å². The first-order valence-corrected chi connectivity index (χ1v) is 6.61. The second kappa shape index (κ2) is 5.77. The monoisotopic (exact) mass is 272 g/mol. The van der Waals surface area contributed by atoms with Crippen LogP contribution in [0.4, 0.5) is 11.5 Å². The van der Waals surface area contributed by atoms with Crippen LogP contribution < -0.4 is 10.2 Å². The lowest BCUT2D eigenvalue weighted by atomic mass is 10.1. The van der Waals surface area contributed by atoms with Crippen molar-refractivity contribution in [3.8, 4) is 0 Å². The molecule has 2 N–H and O–H groups in total. The van der Waals surface area contributed by atoms with E-state index in [1.165, 1.54) is 0 Å². The minimum absolute atomic E-state index is 0.157. The number of aromatic nitrogens is 2. The predicted octanol–water partition coefficient (Wildman–Crippen LogP) is 2.85. The van der Waals surface area contributed by atoms with Crippen LogP contribution in [0.1, 0.15) is 35.8 Å². The number of aromatic amines is 1.